The number of hydrogen-bond donors (Lipinski definition) is 0. The van der Waals surface area contributed by atoms with Gasteiger partial charge in [0.1, 0.15) is 0 Å². The average Bonchev–Trinajstić information content (AvgIpc) is 3.31. The first-order valence-electron chi connectivity index (χ1n) is 8.99. The molecular weight excluding hydrogens is 398 g/mol. The van der Waals surface area contributed by atoms with Crippen LogP contribution in [0.4, 0.5) is 5.13 Å². The largest absolute Gasteiger partial charge is 0.302 e. The summed E-state index contributed by atoms with van der Waals surface area (Å²) in [6.07, 6.45) is 0. The smallest absolute Gasteiger partial charge is 0.270 e. The van der Waals surface area contributed by atoms with Crippen LogP contribution < -0.4 is 4.90 Å². The summed E-state index contributed by atoms with van der Waals surface area (Å²) < 4.78 is 1.13. The Hall–Kier alpha value is -1.47. The lowest BCUT2D eigenvalue weighted by atomic mass is 10.1. The number of nitrogens with zero attached hydrogens (tertiary/aromatic N) is 3. The summed E-state index contributed by atoms with van der Waals surface area (Å²) in [6, 6.07) is 8.05. The van der Waals surface area contributed by atoms with E-state index in [0.29, 0.717) is 6.54 Å². The van der Waals surface area contributed by atoms with Crippen molar-refractivity contribution in [2.45, 2.75) is 27.7 Å². The molecule has 0 atom stereocenters. The van der Waals surface area contributed by atoms with Crippen LogP contribution in [0.15, 0.2) is 29.6 Å². The summed E-state index contributed by atoms with van der Waals surface area (Å²) in [6.45, 7) is 12.0. The molecule has 27 heavy (non-hydrogen) atoms. The number of anilines is 1. The second kappa shape index (κ2) is 9.64. The number of halogens is 1. The van der Waals surface area contributed by atoms with Gasteiger partial charge in [0.15, 0.2) is 5.13 Å². The fourth-order valence-corrected chi connectivity index (χ4v) is 4.65. The topological polar surface area (TPSA) is 36.4 Å². The van der Waals surface area contributed by atoms with E-state index in [1.165, 1.54) is 22.5 Å². The molecule has 0 unspecified atom stereocenters. The highest BCUT2D eigenvalue weighted by Gasteiger charge is 2.23. The highest BCUT2D eigenvalue weighted by atomic mass is 35.5. The van der Waals surface area contributed by atoms with E-state index in [1.807, 2.05) is 22.4 Å². The SMILES string of the molecule is CCN(CC)CCN(C(=O)c1cccs1)c1nc2c(C)c(C)ccc2s1.Cl. The summed E-state index contributed by atoms with van der Waals surface area (Å²) in [4.78, 5) is 22.9. The average molecular weight is 424 g/mol. The minimum Gasteiger partial charge on any atom is -0.302 e. The monoisotopic (exact) mass is 423 g/mol. The van der Waals surface area contributed by atoms with Crippen LogP contribution in [-0.2, 0) is 0 Å². The Labute approximate surface area is 175 Å². The first-order chi connectivity index (χ1) is 12.5. The zero-order valence-corrected chi connectivity index (χ0v) is 18.6. The van der Waals surface area contributed by atoms with Gasteiger partial charge in [-0.2, -0.15) is 0 Å². The molecule has 1 amide bonds. The van der Waals surface area contributed by atoms with Crippen LogP contribution in [0.2, 0.25) is 0 Å². The van der Waals surface area contributed by atoms with E-state index < -0.39 is 0 Å². The van der Waals surface area contributed by atoms with Gasteiger partial charge in [0.25, 0.3) is 5.91 Å². The molecule has 3 rings (SSSR count). The van der Waals surface area contributed by atoms with Gasteiger partial charge in [-0.25, -0.2) is 4.98 Å². The van der Waals surface area contributed by atoms with Gasteiger partial charge in [-0.1, -0.05) is 37.3 Å². The third kappa shape index (κ3) is 4.69. The van der Waals surface area contributed by atoms with E-state index in [-0.39, 0.29) is 18.3 Å². The fraction of sp³-hybridized carbons (Fsp3) is 0.400. The van der Waals surface area contributed by atoms with Gasteiger partial charge in [-0.05, 0) is 55.6 Å². The van der Waals surface area contributed by atoms with Gasteiger partial charge in [0.2, 0.25) is 0 Å². The maximum atomic E-state index is 13.1. The number of aryl methyl sites for hydroxylation is 2. The van der Waals surface area contributed by atoms with Crippen LogP contribution in [0.25, 0.3) is 10.2 Å². The van der Waals surface area contributed by atoms with Crippen LogP contribution in [0.3, 0.4) is 0 Å². The molecule has 0 fully saturated rings. The van der Waals surface area contributed by atoms with Crippen molar-refractivity contribution >= 4 is 56.3 Å². The second-order valence-electron chi connectivity index (χ2n) is 6.31. The maximum absolute atomic E-state index is 13.1. The first kappa shape index (κ1) is 21.8. The lowest BCUT2D eigenvalue weighted by molar-refractivity contribution is 0.0987. The molecule has 4 nitrogen and oxygen atoms in total. The number of rotatable bonds is 7. The van der Waals surface area contributed by atoms with E-state index in [2.05, 4.69) is 44.7 Å². The highest BCUT2D eigenvalue weighted by Crippen LogP contribution is 2.32. The lowest BCUT2D eigenvalue weighted by Gasteiger charge is -2.24. The number of benzene rings is 1. The zero-order chi connectivity index (χ0) is 18.7. The van der Waals surface area contributed by atoms with Gasteiger partial charge in [-0.3, -0.25) is 9.69 Å². The molecular formula is C20H26ClN3OS2. The van der Waals surface area contributed by atoms with Gasteiger partial charge in [-0.15, -0.1) is 23.7 Å². The van der Waals surface area contributed by atoms with Crippen LogP contribution in [-0.4, -0.2) is 42.0 Å². The van der Waals surface area contributed by atoms with Gasteiger partial charge < -0.3 is 4.90 Å². The van der Waals surface area contributed by atoms with Crippen LogP contribution in [0, 0.1) is 13.8 Å². The molecule has 0 aliphatic carbocycles. The molecule has 0 aliphatic rings. The van der Waals surface area contributed by atoms with Crippen molar-refractivity contribution in [3.05, 3.63) is 45.6 Å². The molecule has 146 valence electrons. The number of carbonyl (C=O) groups is 1. The summed E-state index contributed by atoms with van der Waals surface area (Å²) >= 11 is 3.09. The molecule has 0 N–H and O–H groups in total. The maximum Gasteiger partial charge on any atom is 0.270 e. The molecule has 2 heterocycles. The van der Waals surface area contributed by atoms with Crippen molar-refractivity contribution in [3.63, 3.8) is 0 Å². The Morgan fingerprint density at radius 1 is 1.11 bits per heavy atom. The number of fused-ring (bicyclic) bond motifs is 1. The third-order valence-corrected chi connectivity index (χ3v) is 6.72. The van der Waals surface area contributed by atoms with Crippen molar-refractivity contribution in [2.24, 2.45) is 0 Å². The summed E-state index contributed by atoms with van der Waals surface area (Å²) in [5.41, 5.74) is 3.43. The Balaban J connectivity index is 0.00000261. The first-order valence-corrected chi connectivity index (χ1v) is 10.7. The highest BCUT2D eigenvalue weighted by molar-refractivity contribution is 7.22. The van der Waals surface area contributed by atoms with Crippen molar-refractivity contribution in [2.75, 3.05) is 31.1 Å². The molecule has 0 aliphatic heterocycles. The van der Waals surface area contributed by atoms with Gasteiger partial charge in [0, 0.05) is 13.1 Å². The van der Waals surface area contributed by atoms with Crippen molar-refractivity contribution in [1.29, 1.82) is 0 Å². The van der Waals surface area contributed by atoms with Crippen LogP contribution >= 0.6 is 35.1 Å². The Morgan fingerprint density at radius 3 is 2.48 bits per heavy atom. The van der Waals surface area contributed by atoms with Gasteiger partial charge >= 0.3 is 0 Å². The molecule has 0 saturated carbocycles. The molecule has 0 bridgehead atoms. The van der Waals surface area contributed by atoms with Crippen molar-refractivity contribution < 1.29 is 4.79 Å². The van der Waals surface area contributed by atoms with E-state index in [9.17, 15) is 4.79 Å². The molecule has 0 spiro atoms. The standard InChI is InChI=1S/C20H25N3OS2.ClH/c1-5-22(6-2)11-12-23(19(24)17-8-7-13-25-17)20-21-18-15(4)14(3)9-10-16(18)26-20;/h7-10,13H,5-6,11-12H2,1-4H3;1H. The summed E-state index contributed by atoms with van der Waals surface area (Å²) in [5, 5.41) is 2.74. The number of amides is 1. The van der Waals surface area contributed by atoms with Crippen molar-refractivity contribution in [3.8, 4) is 0 Å². The zero-order valence-electron chi connectivity index (χ0n) is 16.2. The minimum atomic E-state index is 0. The molecule has 3 aromatic rings. The molecule has 2 aromatic heterocycles. The normalized spacial score (nSPS) is 11.0. The number of thiazole rings is 1. The second-order valence-corrected chi connectivity index (χ2v) is 8.27. The van der Waals surface area contributed by atoms with Crippen molar-refractivity contribution in [1.82, 2.24) is 9.88 Å². The van der Waals surface area contributed by atoms with E-state index in [0.717, 1.165) is 39.9 Å². The number of carbonyl (C=O) groups excluding carboxylic acids is 1. The molecule has 0 radical (unpaired) electrons. The predicted molar refractivity (Wildman–Crippen MR) is 120 cm³/mol. The van der Waals surface area contributed by atoms with Crippen LogP contribution in [0.5, 0.6) is 0 Å². The Morgan fingerprint density at radius 2 is 1.85 bits per heavy atom. The van der Waals surface area contributed by atoms with E-state index in [4.69, 9.17) is 4.98 Å². The lowest BCUT2D eigenvalue weighted by Crippen LogP contribution is -2.38. The molecule has 7 heteroatoms. The minimum absolute atomic E-state index is 0. The quantitative estimate of drug-likeness (QED) is 0.511. The number of thiophene rings is 1. The Kier molecular flexibility index (Phi) is 7.79. The third-order valence-electron chi connectivity index (χ3n) is 4.82. The number of aromatic nitrogens is 1. The Bertz CT molecular complexity index is 888. The molecule has 1 aromatic carbocycles. The van der Waals surface area contributed by atoms with Gasteiger partial charge in [0.05, 0.1) is 15.1 Å². The summed E-state index contributed by atoms with van der Waals surface area (Å²) in [5.74, 6) is 0.0422. The van der Waals surface area contributed by atoms with E-state index in [1.54, 1.807) is 11.3 Å². The number of hydrogen-bond acceptors (Lipinski definition) is 5. The molecule has 0 saturated heterocycles. The number of likely N-dealkylation sites (N-methyl/N-ethyl adjacent to an activating group) is 1. The van der Waals surface area contributed by atoms with Crippen LogP contribution in [0.1, 0.15) is 34.6 Å². The fourth-order valence-electron chi connectivity index (χ4n) is 2.93. The van der Waals surface area contributed by atoms with E-state index >= 15 is 0 Å². The summed E-state index contributed by atoms with van der Waals surface area (Å²) in [7, 11) is 0. The predicted octanol–water partition coefficient (Wildman–Crippen LogP) is 5.39.